The molecule has 2 fully saturated rings. The summed E-state index contributed by atoms with van der Waals surface area (Å²) >= 11 is 0. The highest BCUT2D eigenvalue weighted by molar-refractivity contribution is 5.93. The molecule has 1 aromatic carbocycles. The summed E-state index contributed by atoms with van der Waals surface area (Å²) < 4.78 is 14.5. The maximum Gasteiger partial charge on any atom is 0.274 e. The van der Waals surface area contributed by atoms with E-state index in [1.165, 1.54) is 25.3 Å². The predicted molar refractivity (Wildman–Crippen MR) is 87.4 cm³/mol. The molecular weight excluding hydrogens is 309 g/mol. The Labute approximate surface area is 141 Å². The van der Waals surface area contributed by atoms with Gasteiger partial charge >= 0.3 is 0 Å². The molecule has 5 nitrogen and oxygen atoms in total. The van der Waals surface area contributed by atoms with E-state index in [2.05, 4.69) is 10.2 Å². The third kappa shape index (κ3) is 2.72. The molecule has 1 aliphatic carbocycles. The number of piperidine rings is 1. The molecule has 3 N–H and O–H groups in total. The highest BCUT2D eigenvalue weighted by atomic mass is 19.1. The number of hydrogen-bond acceptors (Lipinski definition) is 4. The van der Waals surface area contributed by atoms with Crippen LogP contribution in [0.4, 0.5) is 4.39 Å². The van der Waals surface area contributed by atoms with Gasteiger partial charge in [0.25, 0.3) is 5.91 Å². The van der Waals surface area contributed by atoms with Gasteiger partial charge in [-0.2, -0.15) is 0 Å². The van der Waals surface area contributed by atoms with Gasteiger partial charge in [-0.15, -0.1) is 0 Å². The summed E-state index contributed by atoms with van der Waals surface area (Å²) in [4.78, 5) is 13.9. The van der Waals surface area contributed by atoms with Gasteiger partial charge in [-0.05, 0) is 62.8 Å². The molecule has 0 bridgehead atoms. The van der Waals surface area contributed by atoms with Crippen molar-refractivity contribution < 1.29 is 14.4 Å². The molecule has 0 unspecified atom stereocenters. The first-order valence-electron chi connectivity index (χ1n) is 8.85. The van der Waals surface area contributed by atoms with Gasteiger partial charge in [0.15, 0.2) is 0 Å². The van der Waals surface area contributed by atoms with Crippen molar-refractivity contribution in [2.45, 2.75) is 56.7 Å². The summed E-state index contributed by atoms with van der Waals surface area (Å²) in [7, 11) is 0. The van der Waals surface area contributed by atoms with Crippen molar-refractivity contribution in [2.75, 3.05) is 13.1 Å². The number of carbonyl (C=O) groups is 1. The lowest BCUT2D eigenvalue weighted by Gasteiger charge is -2.51. The lowest BCUT2D eigenvalue weighted by Crippen LogP contribution is -2.60. The normalized spacial score (nSPS) is 25.8. The van der Waals surface area contributed by atoms with E-state index in [4.69, 9.17) is 5.21 Å². The average Bonchev–Trinajstić information content (AvgIpc) is 2.59. The first-order valence-corrected chi connectivity index (χ1v) is 8.85. The molecule has 0 aromatic heterocycles. The van der Waals surface area contributed by atoms with E-state index < -0.39 is 5.91 Å². The Hall–Kier alpha value is -1.50. The van der Waals surface area contributed by atoms with E-state index in [-0.39, 0.29) is 11.4 Å². The van der Waals surface area contributed by atoms with Crippen molar-refractivity contribution in [2.24, 2.45) is 0 Å². The van der Waals surface area contributed by atoms with Crippen LogP contribution < -0.4 is 10.8 Å². The van der Waals surface area contributed by atoms with Crippen molar-refractivity contribution in [3.8, 4) is 0 Å². The monoisotopic (exact) mass is 333 g/mol. The maximum atomic E-state index is 14.5. The standard InChI is InChI=1S/C18H24FN3O2/c19-16-9-13(17(23)21-24)8-12-3-7-22(11-15(12)16)14-2-6-20-18(10-14)4-1-5-18/h8-9,14,20,24H,1-7,10-11H2,(H,21,23)/t14-/m1/s1. The third-order valence-corrected chi connectivity index (χ3v) is 6.11. The highest BCUT2D eigenvalue weighted by Crippen LogP contribution is 2.40. The van der Waals surface area contributed by atoms with E-state index in [9.17, 15) is 9.18 Å². The fourth-order valence-corrected chi connectivity index (χ4v) is 4.57. The molecule has 1 saturated carbocycles. The SMILES string of the molecule is O=C(NO)c1cc(F)c2c(c1)CCN([C@@H]1CCNC3(CCC3)C1)C2. The lowest BCUT2D eigenvalue weighted by atomic mass is 9.70. The van der Waals surface area contributed by atoms with Crippen molar-refractivity contribution in [3.63, 3.8) is 0 Å². The molecule has 1 spiro atoms. The van der Waals surface area contributed by atoms with E-state index in [0.717, 1.165) is 37.9 Å². The van der Waals surface area contributed by atoms with Gasteiger partial charge in [0.05, 0.1) is 0 Å². The first kappa shape index (κ1) is 16.0. The lowest BCUT2D eigenvalue weighted by molar-refractivity contribution is 0.0537. The van der Waals surface area contributed by atoms with Gasteiger partial charge in [-0.1, -0.05) is 0 Å². The van der Waals surface area contributed by atoms with E-state index in [1.807, 2.05) is 0 Å². The Bertz CT molecular complexity index is 660. The summed E-state index contributed by atoms with van der Waals surface area (Å²) in [5.41, 5.74) is 3.68. The number of nitrogens with zero attached hydrogens (tertiary/aromatic N) is 1. The minimum absolute atomic E-state index is 0.178. The third-order valence-electron chi connectivity index (χ3n) is 6.11. The first-order chi connectivity index (χ1) is 11.6. The van der Waals surface area contributed by atoms with Gasteiger partial charge in [0, 0.05) is 35.8 Å². The molecule has 1 amide bonds. The maximum absolute atomic E-state index is 14.5. The summed E-state index contributed by atoms with van der Waals surface area (Å²) in [5, 5.41) is 12.4. The average molecular weight is 333 g/mol. The number of nitrogens with one attached hydrogen (secondary N) is 2. The van der Waals surface area contributed by atoms with Crippen LogP contribution in [0.5, 0.6) is 0 Å². The number of amides is 1. The van der Waals surface area contributed by atoms with Crippen molar-refractivity contribution >= 4 is 5.91 Å². The van der Waals surface area contributed by atoms with Crippen LogP contribution in [0.3, 0.4) is 0 Å². The number of carbonyl (C=O) groups excluding carboxylic acids is 1. The number of hydroxylamine groups is 1. The van der Waals surface area contributed by atoms with Crippen LogP contribution in [-0.2, 0) is 13.0 Å². The number of benzene rings is 1. The van der Waals surface area contributed by atoms with Crippen molar-refractivity contribution in [1.82, 2.24) is 15.7 Å². The van der Waals surface area contributed by atoms with Crippen LogP contribution >= 0.6 is 0 Å². The molecule has 4 rings (SSSR count). The molecule has 0 radical (unpaired) electrons. The quantitative estimate of drug-likeness (QED) is 0.572. The number of rotatable bonds is 2. The molecular formula is C18H24FN3O2. The zero-order valence-corrected chi connectivity index (χ0v) is 13.8. The van der Waals surface area contributed by atoms with E-state index in [0.29, 0.717) is 23.7 Å². The predicted octanol–water partition coefficient (Wildman–Crippen LogP) is 1.98. The van der Waals surface area contributed by atoms with Crippen LogP contribution in [0.15, 0.2) is 12.1 Å². The summed E-state index contributed by atoms with van der Waals surface area (Å²) in [6, 6.07) is 3.44. The second-order valence-electron chi connectivity index (χ2n) is 7.46. The zero-order valence-electron chi connectivity index (χ0n) is 13.8. The summed E-state index contributed by atoms with van der Waals surface area (Å²) in [6.45, 7) is 2.56. The molecule has 130 valence electrons. The fourth-order valence-electron chi connectivity index (χ4n) is 4.57. The van der Waals surface area contributed by atoms with Crippen LogP contribution in [0.2, 0.25) is 0 Å². The van der Waals surface area contributed by atoms with Gasteiger partial charge in [0.2, 0.25) is 0 Å². The van der Waals surface area contributed by atoms with Crippen molar-refractivity contribution in [1.29, 1.82) is 0 Å². The number of halogens is 1. The Morgan fingerprint density at radius 3 is 2.96 bits per heavy atom. The Kier molecular flexibility index (Phi) is 4.06. The summed E-state index contributed by atoms with van der Waals surface area (Å²) in [6.07, 6.45) is 6.87. The molecule has 24 heavy (non-hydrogen) atoms. The molecule has 2 aliphatic heterocycles. The second kappa shape index (κ2) is 6.10. The Morgan fingerprint density at radius 2 is 2.25 bits per heavy atom. The topological polar surface area (TPSA) is 64.6 Å². The largest absolute Gasteiger partial charge is 0.311 e. The Morgan fingerprint density at radius 1 is 1.42 bits per heavy atom. The molecule has 6 heteroatoms. The molecule has 2 heterocycles. The number of fused-ring (bicyclic) bond motifs is 1. The van der Waals surface area contributed by atoms with E-state index in [1.54, 1.807) is 11.5 Å². The minimum atomic E-state index is -0.663. The van der Waals surface area contributed by atoms with Crippen LogP contribution in [0.25, 0.3) is 0 Å². The zero-order chi connectivity index (χ0) is 16.7. The van der Waals surface area contributed by atoms with Crippen molar-refractivity contribution in [3.05, 3.63) is 34.6 Å². The van der Waals surface area contributed by atoms with Gasteiger partial charge in [-0.25, -0.2) is 9.87 Å². The van der Waals surface area contributed by atoms with Crippen LogP contribution in [0.1, 0.15) is 53.6 Å². The molecule has 3 aliphatic rings. The Balaban J connectivity index is 1.52. The molecule has 1 aromatic rings. The van der Waals surface area contributed by atoms with Crippen LogP contribution in [-0.4, -0.2) is 40.7 Å². The van der Waals surface area contributed by atoms with Gasteiger partial charge in [-0.3, -0.25) is 14.9 Å². The summed E-state index contributed by atoms with van der Waals surface area (Å²) in [5.74, 6) is -1.01. The fraction of sp³-hybridized carbons (Fsp3) is 0.611. The second-order valence-corrected chi connectivity index (χ2v) is 7.46. The number of hydrogen-bond donors (Lipinski definition) is 3. The van der Waals surface area contributed by atoms with Gasteiger partial charge < -0.3 is 5.32 Å². The van der Waals surface area contributed by atoms with E-state index >= 15 is 0 Å². The molecule has 1 atom stereocenters. The van der Waals surface area contributed by atoms with Gasteiger partial charge in [0.1, 0.15) is 5.82 Å². The molecule has 1 saturated heterocycles. The minimum Gasteiger partial charge on any atom is -0.311 e. The van der Waals surface area contributed by atoms with Crippen LogP contribution in [0, 0.1) is 5.82 Å². The highest BCUT2D eigenvalue weighted by Gasteiger charge is 2.42. The smallest absolute Gasteiger partial charge is 0.274 e.